The second-order valence-corrected chi connectivity index (χ2v) is 5.24. The average Bonchev–Trinajstić information content (AvgIpc) is 3.22. The minimum atomic E-state index is 0.665. The lowest BCUT2D eigenvalue weighted by atomic mass is 10.2. The van der Waals surface area contributed by atoms with Gasteiger partial charge in [0, 0.05) is 23.6 Å². The number of hydrogen-bond donors (Lipinski definition) is 2. The van der Waals surface area contributed by atoms with Gasteiger partial charge in [-0.3, -0.25) is 4.40 Å². The Morgan fingerprint density at radius 1 is 1.17 bits per heavy atom. The minimum Gasteiger partial charge on any atom is -0.337 e. The van der Waals surface area contributed by atoms with Crippen LogP contribution in [-0.2, 0) is 0 Å². The summed E-state index contributed by atoms with van der Waals surface area (Å²) in [6, 6.07) is 7.89. The van der Waals surface area contributed by atoms with Crippen LogP contribution in [0.4, 0.5) is 11.5 Å². The lowest BCUT2D eigenvalue weighted by molar-refractivity contribution is 0.832. The van der Waals surface area contributed by atoms with Crippen molar-refractivity contribution in [3.05, 3.63) is 67.4 Å². The molecule has 7 nitrogen and oxygen atoms in total. The molecule has 0 radical (unpaired) electrons. The van der Waals surface area contributed by atoms with E-state index in [-0.39, 0.29) is 0 Å². The second-order valence-electron chi connectivity index (χ2n) is 5.24. The first-order valence-electron chi connectivity index (χ1n) is 7.37. The third-order valence-corrected chi connectivity index (χ3v) is 3.76. The summed E-state index contributed by atoms with van der Waals surface area (Å²) in [7, 11) is 0. The van der Waals surface area contributed by atoms with Crippen molar-refractivity contribution in [3.63, 3.8) is 0 Å². The fourth-order valence-corrected chi connectivity index (χ4v) is 2.61. The Morgan fingerprint density at radius 2 is 2.04 bits per heavy atom. The Bertz CT molecular complexity index is 1030. The van der Waals surface area contributed by atoms with E-state index in [0.29, 0.717) is 5.82 Å². The van der Waals surface area contributed by atoms with E-state index < -0.39 is 0 Å². The van der Waals surface area contributed by atoms with Crippen molar-refractivity contribution in [2.45, 2.75) is 0 Å². The predicted octanol–water partition coefficient (Wildman–Crippen LogP) is 2.69. The van der Waals surface area contributed by atoms with E-state index in [9.17, 15) is 0 Å². The lowest BCUT2D eigenvalue weighted by Gasteiger charge is -2.09. The molecule has 0 atom stereocenters. The van der Waals surface area contributed by atoms with E-state index >= 15 is 0 Å². The highest BCUT2D eigenvalue weighted by Gasteiger charge is 2.12. The molecule has 0 amide bonds. The lowest BCUT2D eigenvalue weighted by Crippen LogP contribution is -2.07. The Labute approximate surface area is 138 Å². The standard InChI is InChI=1S/C17H15N7/c1-2-12-5-3-4-6-14(12)22-16-17-20-10-15(23(17)8-7-19-16)13-9-21-24(18)11-13/h2-11H,1,18H2,(H,19,22). The number of nitrogens with zero attached hydrogens (tertiary/aromatic N) is 5. The van der Waals surface area contributed by atoms with Crippen LogP contribution in [0.1, 0.15) is 5.56 Å². The summed E-state index contributed by atoms with van der Waals surface area (Å²) in [5.41, 5.74) is 4.42. The smallest absolute Gasteiger partial charge is 0.180 e. The van der Waals surface area contributed by atoms with Crippen LogP contribution >= 0.6 is 0 Å². The number of rotatable bonds is 4. The summed E-state index contributed by atoms with van der Waals surface area (Å²) >= 11 is 0. The summed E-state index contributed by atoms with van der Waals surface area (Å²) in [5, 5.41) is 7.33. The molecule has 0 aliphatic heterocycles. The Morgan fingerprint density at radius 3 is 2.83 bits per heavy atom. The van der Waals surface area contributed by atoms with E-state index in [2.05, 4.69) is 27.0 Å². The monoisotopic (exact) mass is 317 g/mol. The van der Waals surface area contributed by atoms with Crippen LogP contribution in [0.15, 0.2) is 61.8 Å². The molecule has 24 heavy (non-hydrogen) atoms. The zero-order chi connectivity index (χ0) is 16.5. The molecule has 0 aliphatic rings. The SMILES string of the molecule is C=Cc1ccccc1Nc1nccn2c(-c3cnn(N)c3)cnc12. The van der Waals surface area contributed by atoms with E-state index in [1.165, 1.54) is 4.79 Å². The molecule has 4 aromatic rings. The molecule has 7 heteroatoms. The van der Waals surface area contributed by atoms with Crippen LogP contribution in [0.5, 0.6) is 0 Å². The average molecular weight is 317 g/mol. The molecule has 3 heterocycles. The van der Waals surface area contributed by atoms with Gasteiger partial charge >= 0.3 is 0 Å². The van der Waals surface area contributed by atoms with E-state index in [1.807, 2.05) is 34.9 Å². The summed E-state index contributed by atoms with van der Waals surface area (Å²) in [6.45, 7) is 3.84. The molecular formula is C17H15N7. The van der Waals surface area contributed by atoms with Crippen molar-refractivity contribution in [1.29, 1.82) is 0 Å². The molecule has 3 N–H and O–H groups in total. The van der Waals surface area contributed by atoms with Crippen LogP contribution in [0, 0.1) is 0 Å². The Balaban J connectivity index is 1.80. The second kappa shape index (κ2) is 5.54. The van der Waals surface area contributed by atoms with Gasteiger partial charge in [-0.2, -0.15) is 9.89 Å². The number of imidazole rings is 1. The molecule has 0 unspecified atom stereocenters. The molecule has 0 aliphatic carbocycles. The topological polar surface area (TPSA) is 86.1 Å². The van der Waals surface area contributed by atoms with Crippen LogP contribution in [0.3, 0.4) is 0 Å². The van der Waals surface area contributed by atoms with Crippen molar-refractivity contribution < 1.29 is 0 Å². The number of nitrogens with one attached hydrogen (secondary N) is 1. The van der Waals surface area contributed by atoms with Gasteiger partial charge in [-0.1, -0.05) is 30.9 Å². The van der Waals surface area contributed by atoms with E-state index in [4.69, 9.17) is 5.84 Å². The van der Waals surface area contributed by atoms with E-state index in [0.717, 1.165) is 28.2 Å². The number of fused-ring (bicyclic) bond motifs is 1. The molecule has 4 rings (SSSR count). The first kappa shape index (κ1) is 14.0. The normalized spacial score (nSPS) is 10.8. The molecule has 0 bridgehead atoms. The first-order chi connectivity index (χ1) is 11.8. The van der Waals surface area contributed by atoms with Gasteiger partial charge in [0.05, 0.1) is 24.3 Å². The van der Waals surface area contributed by atoms with Crippen molar-refractivity contribution in [3.8, 4) is 11.3 Å². The van der Waals surface area contributed by atoms with Crippen molar-refractivity contribution in [2.75, 3.05) is 11.2 Å². The summed E-state index contributed by atoms with van der Waals surface area (Å²) in [5.74, 6) is 6.30. The van der Waals surface area contributed by atoms with Gasteiger partial charge in [0.2, 0.25) is 0 Å². The summed E-state index contributed by atoms with van der Waals surface area (Å²) < 4.78 is 1.95. The number of nitrogens with two attached hydrogens (primary N) is 1. The van der Waals surface area contributed by atoms with Gasteiger partial charge in [0.1, 0.15) is 0 Å². The maximum Gasteiger partial charge on any atom is 0.180 e. The third kappa shape index (κ3) is 2.28. The summed E-state index contributed by atoms with van der Waals surface area (Å²) in [4.78, 5) is 10.2. The van der Waals surface area contributed by atoms with Crippen LogP contribution in [0.2, 0.25) is 0 Å². The number of hydrogen-bond acceptors (Lipinski definition) is 5. The molecule has 0 spiro atoms. The molecule has 0 saturated heterocycles. The van der Waals surface area contributed by atoms with Crippen molar-refractivity contribution in [1.82, 2.24) is 24.3 Å². The number of nitrogen functional groups attached to an aromatic ring is 1. The van der Waals surface area contributed by atoms with Crippen molar-refractivity contribution >= 4 is 23.2 Å². The van der Waals surface area contributed by atoms with E-state index in [1.54, 1.807) is 30.9 Å². The maximum absolute atomic E-state index is 5.63. The zero-order valence-electron chi connectivity index (χ0n) is 12.8. The van der Waals surface area contributed by atoms with Gasteiger partial charge in [0.15, 0.2) is 11.5 Å². The van der Waals surface area contributed by atoms with Crippen LogP contribution in [-0.4, -0.2) is 24.3 Å². The van der Waals surface area contributed by atoms with Crippen LogP contribution in [0.25, 0.3) is 23.0 Å². The molecule has 3 aromatic heterocycles. The highest BCUT2D eigenvalue weighted by molar-refractivity contribution is 5.77. The first-order valence-corrected chi connectivity index (χ1v) is 7.37. The molecule has 118 valence electrons. The van der Waals surface area contributed by atoms with Gasteiger partial charge in [-0.15, -0.1) is 0 Å². The minimum absolute atomic E-state index is 0.665. The molecular weight excluding hydrogens is 302 g/mol. The van der Waals surface area contributed by atoms with Gasteiger partial charge < -0.3 is 11.2 Å². The number of para-hydroxylation sites is 1. The van der Waals surface area contributed by atoms with Gasteiger partial charge in [-0.05, 0) is 11.6 Å². The highest BCUT2D eigenvalue weighted by atomic mass is 15.5. The van der Waals surface area contributed by atoms with Crippen molar-refractivity contribution in [2.24, 2.45) is 0 Å². The highest BCUT2D eigenvalue weighted by Crippen LogP contribution is 2.26. The van der Waals surface area contributed by atoms with Gasteiger partial charge in [-0.25, -0.2) is 9.97 Å². The Kier molecular flexibility index (Phi) is 3.24. The molecule has 1 aromatic carbocycles. The zero-order valence-corrected chi connectivity index (χ0v) is 12.8. The van der Waals surface area contributed by atoms with Crippen LogP contribution < -0.4 is 11.2 Å². The fraction of sp³-hybridized carbons (Fsp3) is 0. The fourth-order valence-electron chi connectivity index (χ4n) is 2.61. The predicted molar refractivity (Wildman–Crippen MR) is 94.2 cm³/mol. The molecule has 0 saturated carbocycles. The number of anilines is 2. The summed E-state index contributed by atoms with van der Waals surface area (Å²) in [6.07, 6.45) is 10.6. The number of aromatic nitrogens is 5. The Hall–Kier alpha value is -3.61. The molecule has 0 fully saturated rings. The van der Waals surface area contributed by atoms with Gasteiger partial charge in [0.25, 0.3) is 0 Å². The quantitative estimate of drug-likeness (QED) is 0.565. The number of benzene rings is 1. The maximum atomic E-state index is 5.63. The third-order valence-electron chi connectivity index (χ3n) is 3.76. The largest absolute Gasteiger partial charge is 0.337 e.